The molecule has 4 N–H and O–H groups in total. The molecule has 0 fully saturated rings. The maximum absolute atomic E-state index is 12.2. The average molecular weight is 427 g/mol. The van der Waals surface area contributed by atoms with Crippen LogP contribution in [0.5, 0.6) is 11.6 Å². The van der Waals surface area contributed by atoms with Gasteiger partial charge in [0.25, 0.3) is 0 Å². The second kappa shape index (κ2) is 9.57. The number of aryl methyl sites for hydroxylation is 1. The van der Waals surface area contributed by atoms with E-state index in [1.54, 1.807) is 18.2 Å². The summed E-state index contributed by atoms with van der Waals surface area (Å²) in [6.45, 7) is 1.97. The summed E-state index contributed by atoms with van der Waals surface area (Å²) in [5.74, 6) is 0.741. The van der Waals surface area contributed by atoms with E-state index in [1.165, 1.54) is 19.7 Å². The van der Waals surface area contributed by atoms with Crippen molar-refractivity contribution in [3.05, 3.63) is 64.9 Å². The van der Waals surface area contributed by atoms with Gasteiger partial charge in [0.05, 0.1) is 16.9 Å². The number of urea groups is 1. The quantitative estimate of drug-likeness (QED) is 0.395. The molecule has 2 amide bonds. The first-order valence-electron chi connectivity index (χ1n) is 8.75. The van der Waals surface area contributed by atoms with Gasteiger partial charge in [0.1, 0.15) is 30.6 Å². The summed E-state index contributed by atoms with van der Waals surface area (Å²) in [5, 5.41) is 9.37. The summed E-state index contributed by atoms with van der Waals surface area (Å²) in [5.41, 5.74) is 8.37. The highest BCUT2D eigenvalue weighted by Crippen LogP contribution is 2.31. The van der Waals surface area contributed by atoms with Gasteiger partial charge in [0.2, 0.25) is 5.88 Å². The molecule has 10 heteroatoms. The number of halogens is 1. The number of hydrogen-bond donors (Lipinski definition) is 3. The van der Waals surface area contributed by atoms with E-state index in [0.717, 1.165) is 5.56 Å². The lowest BCUT2D eigenvalue weighted by atomic mass is 10.2. The molecule has 2 aromatic carbocycles. The number of nitrogens with zero attached hydrogens (tertiary/aromatic N) is 3. The molecule has 3 rings (SSSR count). The number of hydrogen-bond acceptors (Lipinski definition) is 7. The van der Waals surface area contributed by atoms with Crippen LogP contribution in [0.3, 0.4) is 0 Å². The molecule has 0 spiro atoms. The molecule has 0 saturated carbocycles. The van der Waals surface area contributed by atoms with Gasteiger partial charge in [0, 0.05) is 11.8 Å². The number of nitrogen functional groups attached to an aromatic ring is 1. The van der Waals surface area contributed by atoms with Crippen LogP contribution in [0.1, 0.15) is 11.1 Å². The fraction of sp³-hybridized carbons (Fsp3) is 0.100. The maximum Gasteiger partial charge on any atom is 0.323 e. The minimum atomic E-state index is -0.420. The molecular weight excluding hydrogens is 408 g/mol. The number of rotatable bonds is 6. The smallest absolute Gasteiger partial charge is 0.323 e. The number of nitrogens with two attached hydrogens (primary N) is 1. The van der Waals surface area contributed by atoms with Gasteiger partial charge < -0.3 is 25.9 Å². The number of ether oxygens (including phenoxy) is 1. The summed E-state index contributed by atoms with van der Waals surface area (Å²) < 4.78 is 5.74. The summed E-state index contributed by atoms with van der Waals surface area (Å²) >= 11 is 6.29. The van der Waals surface area contributed by atoms with Crippen molar-refractivity contribution in [2.24, 2.45) is 5.16 Å². The van der Waals surface area contributed by atoms with E-state index >= 15 is 0 Å². The normalized spacial score (nSPS) is 10.6. The van der Waals surface area contributed by atoms with E-state index in [0.29, 0.717) is 22.7 Å². The summed E-state index contributed by atoms with van der Waals surface area (Å²) in [7, 11) is 1.40. The van der Waals surface area contributed by atoms with Gasteiger partial charge in [0.15, 0.2) is 0 Å². The fourth-order valence-electron chi connectivity index (χ4n) is 2.39. The molecule has 0 radical (unpaired) electrons. The van der Waals surface area contributed by atoms with Gasteiger partial charge in [-0.1, -0.05) is 34.5 Å². The minimum absolute atomic E-state index is 0.178. The molecule has 0 saturated heterocycles. The number of anilines is 3. The van der Waals surface area contributed by atoms with Crippen molar-refractivity contribution in [2.75, 3.05) is 23.5 Å². The second-order valence-corrected chi connectivity index (χ2v) is 6.49. The maximum atomic E-state index is 12.2. The van der Waals surface area contributed by atoms with E-state index in [2.05, 4.69) is 30.6 Å². The SMILES string of the molecule is CON=Cc1c(N)ncnc1Oc1ccc(NC(=O)Nc2ccc(C)cc2)c(Cl)c1. The standard InChI is InChI=1S/C20H19ClN6O3/c1-12-3-5-13(6-4-12)26-20(28)27-17-8-7-14(9-16(17)21)30-19-15(10-25-29-2)18(22)23-11-24-19/h3-11H,1-2H3,(H2,22,23,24)(H2,26,27,28). The van der Waals surface area contributed by atoms with E-state index in [4.69, 9.17) is 22.1 Å². The van der Waals surface area contributed by atoms with Crippen LogP contribution in [0, 0.1) is 6.92 Å². The molecule has 154 valence electrons. The zero-order valence-electron chi connectivity index (χ0n) is 16.2. The molecule has 0 atom stereocenters. The number of benzene rings is 2. The molecule has 0 unspecified atom stereocenters. The zero-order chi connectivity index (χ0) is 21.5. The van der Waals surface area contributed by atoms with Crippen molar-refractivity contribution in [1.29, 1.82) is 0 Å². The Morgan fingerprint density at radius 3 is 2.63 bits per heavy atom. The Morgan fingerprint density at radius 2 is 1.93 bits per heavy atom. The van der Waals surface area contributed by atoms with E-state index < -0.39 is 6.03 Å². The molecule has 1 aromatic heterocycles. The highest BCUT2D eigenvalue weighted by molar-refractivity contribution is 6.34. The van der Waals surface area contributed by atoms with Crippen LogP contribution in [0.15, 0.2) is 53.9 Å². The van der Waals surface area contributed by atoms with E-state index in [-0.39, 0.29) is 16.7 Å². The van der Waals surface area contributed by atoms with Gasteiger partial charge in [-0.25, -0.2) is 14.8 Å². The summed E-state index contributed by atoms with van der Waals surface area (Å²) in [6, 6.07) is 11.8. The Labute approximate surface area is 177 Å². The molecule has 0 aliphatic heterocycles. The van der Waals surface area contributed by atoms with Crippen LogP contribution in [0.25, 0.3) is 0 Å². The molecule has 0 aliphatic carbocycles. The largest absolute Gasteiger partial charge is 0.438 e. The van der Waals surface area contributed by atoms with Gasteiger partial charge in [-0.05, 0) is 31.2 Å². The van der Waals surface area contributed by atoms with Crippen molar-refractivity contribution in [1.82, 2.24) is 9.97 Å². The topological polar surface area (TPSA) is 124 Å². The Bertz CT molecular complexity index is 1070. The van der Waals surface area contributed by atoms with Crippen molar-refractivity contribution < 1.29 is 14.4 Å². The van der Waals surface area contributed by atoms with Crippen molar-refractivity contribution in [2.45, 2.75) is 6.92 Å². The number of carbonyl (C=O) groups excluding carboxylic acids is 1. The van der Waals surface area contributed by atoms with Crippen LogP contribution < -0.4 is 21.1 Å². The van der Waals surface area contributed by atoms with Gasteiger partial charge in [-0.3, -0.25) is 0 Å². The highest BCUT2D eigenvalue weighted by atomic mass is 35.5. The minimum Gasteiger partial charge on any atom is -0.438 e. The monoisotopic (exact) mass is 426 g/mol. The second-order valence-electron chi connectivity index (χ2n) is 6.08. The Kier molecular flexibility index (Phi) is 6.66. The lowest BCUT2D eigenvalue weighted by Gasteiger charge is -2.12. The highest BCUT2D eigenvalue weighted by Gasteiger charge is 2.12. The lowest BCUT2D eigenvalue weighted by Crippen LogP contribution is -2.19. The molecule has 1 heterocycles. The third-order valence-electron chi connectivity index (χ3n) is 3.88. The van der Waals surface area contributed by atoms with Crippen LogP contribution in [-0.2, 0) is 4.84 Å². The third-order valence-corrected chi connectivity index (χ3v) is 4.19. The Hall–Kier alpha value is -3.85. The number of nitrogens with one attached hydrogen (secondary N) is 2. The summed E-state index contributed by atoms with van der Waals surface area (Å²) in [6.07, 6.45) is 2.61. The predicted molar refractivity (Wildman–Crippen MR) is 116 cm³/mol. The average Bonchev–Trinajstić information content (AvgIpc) is 2.71. The number of amides is 2. The van der Waals surface area contributed by atoms with Crippen molar-refractivity contribution >= 4 is 41.0 Å². The fourth-order valence-corrected chi connectivity index (χ4v) is 2.61. The predicted octanol–water partition coefficient (Wildman–Crippen LogP) is 4.44. The van der Waals surface area contributed by atoms with Crippen LogP contribution in [0.2, 0.25) is 5.02 Å². The first-order valence-corrected chi connectivity index (χ1v) is 9.13. The molecule has 0 bridgehead atoms. The summed E-state index contributed by atoms with van der Waals surface area (Å²) in [4.78, 5) is 24.8. The van der Waals surface area contributed by atoms with Gasteiger partial charge in [-0.2, -0.15) is 0 Å². The lowest BCUT2D eigenvalue weighted by molar-refractivity contribution is 0.215. The number of aromatic nitrogens is 2. The van der Waals surface area contributed by atoms with Gasteiger partial charge >= 0.3 is 6.03 Å². The van der Waals surface area contributed by atoms with Crippen LogP contribution in [0.4, 0.5) is 22.0 Å². The van der Waals surface area contributed by atoms with Crippen LogP contribution >= 0.6 is 11.6 Å². The van der Waals surface area contributed by atoms with Crippen molar-refractivity contribution in [3.63, 3.8) is 0 Å². The van der Waals surface area contributed by atoms with E-state index in [9.17, 15) is 4.79 Å². The number of carbonyl (C=O) groups is 1. The molecule has 0 aliphatic rings. The first-order chi connectivity index (χ1) is 14.5. The molecule has 9 nitrogen and oxygen atoms in total. The van der Waals surface area contributed by atoms with Gasteiger partial charge in [-0.15, -0.1) is 0 Å². The number of oxime groups is 1. The first kappa shape index (κ1) is 20.9. The molecule has 30 heavy (non-hydrogen) atoms. The van der Waals surface area contributed by atoms with Crippen LogP contribution in [-0.4, -0.2) is 29.3 Å². The van der Waals surface area contributed by atoms with E-state index in [1.807, 2.05) is 31.2 Å². The Morgan fingerprint density at radius 1 is 1.17 bits per heavy atom. The Balaban J connectivity index is 1.71. The van der Waals surface area contributed by atoms with Crippen molar-refractivity contribution in [3.8, 4) is 11.6 Å². The zero-order valence-corrected chi connectivity index (χ0v) is 17.0. The molecule has 3 aromatic rings. The molecular formula is C20H19ClN6O3. The third kappa shape index (κ3) is 5.36.